The molecule has 1 rings (SSSR count). The van der Waals surface area contributed by atoms with E-state index in [-0.39, 0.29) is 17.3 Å². The molecule has 0 atom stereocenters. The van der Waals surface area contributed by atoms with Gasteiger partial charge in [-0.3, -0.25) is 4.72 Å². The van der Waals surface area contributed by atoms with Crippen LogP contribution >= 0.6 is 11.6 Å². The van der Waals surface area contributed by atoms with Crippen LogP contribution in [-0.4, -0.2) is 32.9 Å². The van der Waals surface area contributed by atoms with Crippen LogP contribution in [0.4, 0.5) is 10.1 Å². The third kappa shape index (κ3) is 3.81. The molecule has 1 aromatic rings. The van der Waals surface area contributed by atoms with Gasteiger partial charge in [0, 0.05) is 13.6 Å². The molecule has 0 radical (unpaired) electrons. The van der Waals surface area contributed by atoms with Crippen molar-refractivity contribution >= 4 is 27.5 Å². The second kappa shape index (κ2) is 6.33. The molecule has 0 heterocycles. The van der Waals surface area contributed by atoms with Crippen molar-refractivity contribution in [3.63, 3.8) is 0 Å². The molecule has 0 bridgehead atoms. The Balaban J connectivity index is 2.89. The number of nitrogens with two attached hydrogens (primary N) is 1. The Kier molecular flexibility index (Phi) is 5.33. The third-order valence-corrected chi connectivity index (χ3v) is 4.06. The largest absolute Gasteiger partial charge is 0.330 e. The number of hydrogen-bond acceptors (Lipinski definition) is 3. The molecule has 0 saturated carbocycles. The van der Waals surface area contributed by atoms with Crippen LogP contribution in [0, 0.1) is 5.82 Å². The van der Waals surface area contributed by atoms with Gasteiger partial charge in [-0.2, -0.15) is 12.7 Å². The highest BCUT2D eigenvalue weighted by molar-refractivity contribution is 7.90. The molecule has 0 aliphatic heterocycles. The summed E-state index contributed by atoms with van der Waals surface area (Å²) in [4.78, 5) is 0. The van der Waals surface area contributed by atoms with Crippen molar-refractivity contribution in [3.8, 4) is 0 Å². The first-order valence-corrected chi connectivity index (χ1v) is 7.08. The van der Waals surface area contributed by atoms with Crippen LogP contribution in [0.1, 0.15) is 6.42 Å². The van der Waals surface area contributed by atoms with E-state index in [4.69, 9.17) is 17.3 Å². The maximum atomic E-state index is 13.4. The molecule has 0 aromatic heterocycles. The Bertz CT molecular complexity index is 490. The zero-order valence-electron chi connectivity index (χ0n) is 9.86. The number of hydrogen-bond donors (Lipinski definition) is 2. The van der Waals surface area contributed by atoms with Gasteiger partial charge in [0.05, 0.1) is 5.02 Å². The summed E-state index contributed by atoms with van der Waals surface area (Å²) < 4.78 is 40.3. The number of nitrogens with zero attached hydrogens (tertiary/aromatic N) is 1. The summed E-state index contributed by atoms with van der Waals surface area (Å²) in [6, 6.07) is 3.93. The van der Waals surface area contributed by atoms with E-state index in [1.807, 2.05) is 0 Å². The molecular weight excluding hydrogens is 281 g/mol. The first kappa shape index (κ1) is 15.2. The smallest absolute Gasteiger partial charge is 0.301 e. The van der Waals surface area contributed by atoms with Gasteiger partial charge in [0.1, 0.15) is 11.5 Å². The molecule has 8 heteroatoms. The summed E-state index contributed by atoms with van der Waals surface area (Å²) in [7, 11) is -2.45. The molecule has 18 heavy (non-hydrogen) atoms. The molecule has 0 amide bonds. The van der Waals surface area contributed by atoms with Gasteiger partial charge < -0.3 is 5.73 Å². The maximum Gasteiger partial charge on any atom is 0.301 e. The van der Waals surface area contributed by atoms with Gasteiger partial charge in [0.25, 0.3) is 0 Å². The summed E-state index contributed by atoms with van der Waals surface area (Å²) in [5, 5.41) is 0.00537. The van der Waals surface area contributed by atoms with Crippen LogP contribution in [0.2, 0.25) is 5.02 Å². The Hall–Kier alpha value is -0.890. The van der Waals surface area contributed by atoms with Crippen LogP contribution in [0.5, 0.6) is 0 Å². The molecule has 0 aliphatic rings. The number of halogens is 2. The Morgan fingerprint density at radius 3 is 2.72 bits per heavy atom. The first-order chi connectivity index (χ1) is 8.38. The van der Waals surface area contributed by atoms with Crippen molar-refractivity contribution in [2.75, 3.05) is 24.9 Å². The zero-order chi connectivity index (χ0) is 13.8. The van der Waals surface area contributed by atoms with Gasteiger partial charge in [0.15, 0.2) is 0 Å². The normalized spacial score (nSPS) is 11.8. The highest BCUT2D eigenvalue weighted by atomic mass is 35.5. The Morgan fingerprint density at radius 1 is 1.50 bits per heavy atom. The van der Waals surface area contributed by atoms with E-state index in [1.165, 1.54) is 19.2 Å². The van der Waals surface area contributed by atoms with Gasteiger partial charge >= 0.3 is 10.2 Å². The van der Waals surface area contributed by atoms with Gasteiger partial charge in [-0.05, 0) is 25.1 Å². The van der Waals surface area contributed by atoms with E-state index in [9.17, 15) is 12.8 Å². The number of anilines is 1. The lowest BCUT2D eigenvalue weighted by atomic mass is 10.3. The summed E-state index contributed by atoms with van der Waals surface area (Å²) in [5.74, 6) is -0.724. The topological polar surface area (TPSA) is 75.4 Å². The van der Waals surface area contributed by atoms with Gasteiger partial charge in [-0.15, -0.1) is 0 Å². The molecule has 0 fully saturated rings. The van der Waals surface area contributed by atoms with Crippen molar-refractivity contribution in [2.45, 2.75) is 6.42 Å². The van der Waals surface area contributed by atoms with Crippen LogP contribution in [0.25, 0.3) is 0 Å². The van der Waals surface area contributed by atoms with Crippen LogP contribution in [0.3, 0.4) is 0 Å². The zero-order valence-corrected chi connectivity index (χ0v) is 11.4. The fourth-order valence-electron chi connectivity index (χ4n) is 1.24. The van der Waals surface area contributed by atoms with Crippen molar-refractivity contribution in [3.05, 3.63) is 29.0 Å². The van der Waals surface area contributed by atoms with Gasteiger partial charge in [-0.1, -0.05) is 17.7 Å². The van der Waals surface area contributed by atoms with E-state index in [2.05, 4.69) is 4.72 Å². The second-order valence-electron chi connectivity index (χ2n) is 3.67. The highest BCUT2D eigenvalue weighted by Crippen LogP contribution is 2.25. The SMILES string of the molecule is CN(CCCN)S(=O)(=O)Nc1c(F)cccc1Cl. The highest BCUT2D eigenvalue weighted by Gasteiger charge is 2.20. The summed E-state index contributed by atoms with van der Waals surface area (Å²) in [5.41, 5.74) is 5.05. The summed E-state index contributed by atoms with van der Waals surface area (Å²) in [6.45, 7) is 0.623. The number of benzene rings is 1. The average molecular weight is 296 g/mol. The summed E-state index contributed by atoms with van der Waals surface area (Å²) >= 11 is 5.74. The van der Waals surface area contributed by atoms with E-state index < -0.39 is 16.0 Å². The van der Waals surface area contributed by atoms with E-state index >= 15 is 0 Å². The fourth-order valence-corrected chi connectivity index (χ4v) is 2.49. The molecule has 1 aromatic carbocycles. The third-order valence-electron chi connectivity index (χ3n) is 2.28. The predicted molar refractivity (Wildman–Crippen MR) is 70.3 cm³/mol. The minimum atomic E-state index is -3.83. The molecule has 5 nitrogen and oxygen atoms in total. The standard InChI is InChI=1S/C10H15ClFN3O2S/c1-15(7-3-6-13)18(16,17)14-10-8(11)4-2-5-9(10)12/h2,4-5,14H,3,6-7,13H2,1H3. The van der Waals surface area contributed by atoms with Gasteiger partial charge in [0.2, 0.25) is 0 Å². The molecule has 0 aliphatic carbocycles. The van der Waals surface area contributed by atoms with Crippen molar-refractivity contribution < 1.29 is 12.8 Å². The van der Waals surface area contributed by atoms with Crippen LogP contribution in [-0.2, 0) is 10.2 Å². The molecule has 3 N–H and O–H groups in total. The Labute approximate surface area is 111 Å². The molecule has 0 spiro atoms. The van der Waals surface area contributed by atoms with Crippen LogP contribution < -0.4 is 10.5 Å². The van der Waals surface area contributed by atoms with Crippen molar-refractivity contribution in [2.24, 2.45) is 5.73 Å². The number of rotatable bonds is 6. The lowest BCUT2D eigenvalue weighted by Crippen LogP contribution is -2.34. The first-order valence-electron chi connectivity index (χ1n) is 5.26. The lowest BCUT2D eigenvalue weighted by Gasteiger charge is -2.18. The number of para-hydroxylation sites is 1. The average Bonchev–Trinajstić information content (AvgIpc) is 2.31. The molecule has 0 saturated heterocycles. The van der Waals surface area contributed by atoms with Crippen molar-refractivity contribution in [1.29, 1.82) is 0 Å². The Morgan fingerprint density at radius 2 is 2.17 bits per heavy atom. The second-order valence-corrected chi connectivity index (χ2v) is 5.85. The monoisotopic (exact) mass is 295 g/mol. The predicted octanol–water partition coefficient (Wildman–Crippen LogP) is 1.42. The van der Waals surface area contributed by atoms with E-state index in [1.54, 1.807) is 0 Å². The van der Waals surface area contributed by atoms with E-state index in [0.29, 0.717) is 13.0 Å². The van der Waals surface area contributed by atoms with Crippen LogP contribution in [0.15, 0.2) is 18.2 Å². The quantitative estimate of drug-likeness (QED) is 0.833. The summed E-state index contributed by atoms with van der Waals surface area (Å²) in [6.07, 6.45) is 0.516. The molecule has 102 valence electrons. The molecular formula is C10H15ClFN3O2S. The van der Waals surface area contributed by atoms with E-state index in [0.717, 1.165) is 10.4 Å². The molecule has 0 unspecified atom stereocenters. The van der Waals surface area contributed by atoms with Gasteiger partial charge in [-0.25, -0.2) is 4.39 Å². The minimum absolute atomic E-state index is 0.00537. The number of nitrogens with one attached hydrogen (secondary N) is 1. The lowest BCUT2D eigenvalue weighted by molar-refractivity contribution is 0.468. The van der Waals surface area contributed by atoms with Crippen molar-refractivity contribution in [1.82, 2.24) is 4.31 Å². The fraction of sp³-hybridized carbons (Fsp3) is 0.400. The minimum Gasteiger partial charge on any atom is -0.330 e. The maximum absolute atomic E-state index is 13.4.